The molecular weight excluding hydrogens is 268 g/mol. The molecule has 5 heteroatoms. The number of para-hydroxylation sites is 2. The monoisotopic (exact) mass is 290 g/mol. The largest absolute Gasteiger partial charge is 0.480 e. The molecule has 0 radical (unpaired) electrons. The van der Waals surface area contributed by atoms with E-state index in [2.05, 4.69) is 6.07 Å². The van der Waals surface area contributed by atoms with Crippen molar-refractivity contribution in [2.75, 3.05) is 18.9 Å². The molecule has 0 aliphatic rings. The van der Waals surface area contributed by atoms with Crippen LogP contribution in [0, 0.1) is 16.7 Å². The number of benzene rings is 1. The number of rotatable bonds is 8. The highest BCUT2D eigenvalue weighted by molar-refractivity contribution is 5.71. The highest BCUT2D eigenvalue weighted by atomic mass is 16.6. The van der Waals surface area contributed by atoms with Gasteiger partial charge in [0, 0.05) is 0 Å². The van der Waals surface area contributed by atoms with Crippen molar-refractivity contribution in [1.82, 2.24) is 0 Å². The highest BCUT2D eigenvalue weighted by Gasteiger charge is 2.15. The van der Waals surface area contributed by atoms with E-state index in [4.69, 9.17) is 20.5 Å². The first-order chi connectivity index (χ1) is 9.94. The van der Waals surface area contributed by atoms with Crippen LogP contribution in [-0.2, 0) is 9.53 Å². The zero-order valence-electron chi connectivity index (χ0n) is 12.6. The molecule has 1 rings (SSSR count). The molecule has 0 amide bonds. The number of carbonyl (C=O) groups is 1. The molecule has 2 N–H and O–H groups in total. The molecule has 0 saturated heterocycles. The summed E-state index contributed by atoms with van der Waals surface area (Å²) in [6, 6.07) is 9.23. The third-order valence-corrected chi connectivity index (χ3v) is 3.03. The number of nitrogens with zero attached hydrogens (tertiary/aromatic N) is 1. The van der Waals surface area contributed by atoms with Gasteiger partial charge in [-0.25, -0.2) is 4.79 Å². The number of hydrogen-bond acceptors (Lipinski definition) is 5. The zero-order valence-corrected chi connectivity index (χ0v) is 12.6. The number of nitrogens with two attached hydrogens (primary N) is 1. The number of hydrogen-bond donors (Lipinski definition) is 1. The molecule has 1 aromatic rings. The van der Waals surface area contributed by atoms with Gasteiger partial charge in [0.05, 0.1) is 23.8 Å². The van der Waals surface area contributed by atoms with Crippen LogP contribution in [0.3, 0.4) is 0 Å². The SMILES string of the molecule is CC(C)(C#N)CCCCOC(=O)COc1ccccc1N. The fourth-order valence-electron chi connectivity index (χ4n) is 1.70. The predicted octanol–water partition coefficient (Wildman–Crippen LogP) is 2.91. The summed E-state index contributed by atoms with van der Waals surface area (Å²) >= 11 is 0. The van der Waals surface area contributed by atoms with Gasteiger partial charge in [-0.1, -0.05) is 12.1 Å². The zero-order chi connectivity index (χ0) is 15.7. The number of anilines is 1. The van der Waals surface area contributed by atoms with Crippen molar-refractivity contribution < 1.29 is 14.3 Å². The summed E-state index contributed by atoms with van der Waals surface area (Å²) < 4.78 is 10.3. The first-order valence-electron chi connectivity index (χ1n) is 6.99. The van der Waals surface area contributed by atoms with Crippen LogP contribution in [-0.4, -0.2) is 19.2 Å². The van der Waals surface area contributed by atoms with E-state index in [0.29, 0.717) is 18.0 Å². The summed E-state index contributed by atoms with van der Waals surface area (Å²) in [6.07, 6.45) is 2.38. The van der Waals surface area contributed by atoms with E-state index in [1.54, 1.807) is 24.3 Å². The Morgan fingerprint density at radius 3 is 2.71 bits per heavy atom. The lowest BCUT2D eigenvalue weighted by Gasteiger charge is -2.14. The lowest BCUT2D eigenvalue weighted by atomic mass is 9.89. The average Bonchev–Trinajstić information content (AvgIpc) is 2.46. The van der Waals surface area contributed by atoms with E-state index in [1.807, 2.05) is 13.8 Å². The third-order valence-electron chi connectivity index (χ3n) is 3.03. The van der Waals surface area contributed by atoms with E-state index in [1.165, 1.54) is 0 Å². The molecule has 0 spiro atoms. The van der Waals surface area contributed by atoms with Gasteiger partial charge in [0.25, 0.3) is 0 Å². The van der Waals surface area contributed by atoms with Crippen molar-refractivity contribution in [3.05, 3.63) is 24.3 Å². The standard InChI is InChI=1S/C16H22N2O3/c1-16(2,12-17)9-5-6-10-20-15(19)11-21-14-8-4-3-7-13(14)18/h3-4,7-8H,5-6,9-11,18H2,1-2H3. The first kappa shape index (κ1) is 16.8. The summed E-state index contributed by atoms with van der Waals surface area (Å²) in [5.74, 6) is 0.0583. The van der Waals surface area contributed by atoms with Gasteiger partial charge in [0.15, 0.2) is 6.61 Å². The van der Waals surface area contributed by atoms with Crippen LogP contribution in [0.4, 0.5) is 5.69 Å². The second kappa shape index (κ2) is 8.15. The number of unbranched alkanes of at least 4 members (excludes halogenated alkanes) is 1. The molecule has 0 aliphatic carbocycles. The summed E-state index contributed by atoms with van der Waals surface area (Å²) in [5.41, 5.74) is 5.87. The van der Waals surface area contributed by atoms with Gasteiger partial charge in [0.1, 0.15) is 5.75 Å². The molecular formula is C16H22N2O3. The van der Waals surface area contributed by atoms with Crippen LogP contribution in [0.15, 0.2) is 24.3 Å². The summed E-state index contributed by atoms with van der Waals surface area (Å²) in [5, 5.41) is 8.88. The minimum atomic E-state index is -0.419. The summed E-state index contributed by atoms with van der Waals surface area (Å²) in [4.78, 5) is 11.5. The summed E-state index contributed by atoms with van der Waals surface area (Å²) in [6.45, 7) is 3.99. The molecule has 0 bridgehead atoms. The van der Waals surface area contributed by atoms with Gasteiger partial charge >= 0.3 is 5.97 Å². The molecule has 0 aliphatic heterocycles. The van der Waals surface area contributed by atoms with Crippen LogP contribution in [0.25, 0.3) is 0 Å². The quantitative estimate of drug-likeness (QED) is 0.452. The first-order valence-corrected chi connectivity index (χ1v) is 6.99. The molecule has 0 aromatic heterocycles. The molecule has 0 saturated carbocycles. The van der Waals surface area contributed by atoms with Gasteiger partial charge in [-0.05, 0) is 45.2 Å². The number of nitriles is 1. The van der Waals surface area contributed by atoms with E-state index in [-0.39, 0.29) is 12.0 Å². The Kier molecular flexibility index (Phi) is 6.54. The Bertz CT molecular complexity index is 506. The Balaban J connectivity index is 2.15. The van der Waals surface area contributed by atoms with Crippen molar-refractivity contribution in [1.29, 1.82) is 5.26 Å². The van der Waals surface area contributed by atoms with Crippen molar-refractivity contribution >= 4 is 11.7 Å². The van der Waals surface area contributed by atoms with Crippen molar-refractivity contribution in [3.63, 3.8) is 0 Å². The van der Waals surface area contributed by atoms with Crippen LogP contribution in [0.5, 0.6) is 5.75 Å². The Morgan fingerprint density at radius 2 is 2.05 bits per heavy atom. The molecule has 0 fully saturated rings. The van der Waals surface area contributed by atoms with Gasteiger partial charge in [-0.3, -0.25) is 0 Å². The van der Waals surface area contributed by atoms with E-state index in [9.17, 15) is 4.79 Å². The second-order valence-electron chi connectivity index (χ2n) is 5.50. The van der Waals surface area contributed by atoms with Crippen molar-refractivity contribution in [3.8, 4) is 11.8 Å². The molecule has 0 unspecified atom stereocenters. The lowest BCUT2D eigenvalue weighted by Crippen LogP contribution is -2.16. The molecule has 0 heterocycles. The molecule has 5 nitrogen and oxygen atoms in total. The van der Waals surface area contributed by atoms with Gasteiger partial charge in [-0.2, -0.15) is 5.26 Å². The fourth-order valence-corrected chi connectivity index (χ4v) is 1.70. The van der Waals surface area contributed by atoms with E-state index < -0.39 is 5.97 Å². The average molecular weight is 290 g/mol. The Hall–Kier alpha value is -2.22. The third kappa shape index (κ3) is 6.66. The number of ether oxygens (including phenoxy) is 2. The second-order valence-corrected chi connectivity index (χ2v) is 5.50. The topological polar surface area (TPSA) is 85.3 Å². The minimum Gasteiger partial charge on any atom is -0.480 e. The fraction of sp³-hybridized carbons (Fsp3) is 0.500. The maximum atomic E-state index is 11.5. The number of carbonyl (C=O) groups excluding carboxylic acids is 1. The summed E-state index contributed by atoms with van der Waals surface area (Å²) in [7, 11) is 0. The smallest absolute Gasteiger partial charge is 0.344 e. The Morgan fingerprint density at radius 1 is 1.33 bits per heavy atom. The van der Waals surface area contributed by atoms with Gasteiger partial charge in [0.2, 0.25) is 0 Å². The van der Waals surface area contributed by atoms with Crippen molar-refractivity contribution in [2.45, 2.75) is 33.1 Å². The van der Waals surface area contributed by atoms with E-state index in [0.717, 1.165) is 19.3 Å². The van der Waals surface area contributed by atoms with Crippen LogP contribution >= 0.6 is 0 Å². The lowest BCUT2D eigenvalue weighted by molar-refractivity contribution is -0.146. The molecule has 0 atom stereocenters. The normalized spacial score (nSPS) is 10.7. The molecule has 1 aromatic carbocycles. The molecule has 114 valence electrons. The maximum absolute atomic E-state index is 11.5. The maximum Gasteiger partial charge on any atom is 0.344 e. The predicted molar refractivity (Wildman–Crippen MR) is 80.6 cm³/mol. The van der Waals surface area contributed by atoms with Crippen LogP contribution in [0.2, 0.25) is 0 Å². The number of esters is 1. The molecule has 21 heavy (non-hydrogen) atoms. The van der Waals surface area contributed by atoms with Gasteiger partial charge < -0.3 is 15.2 Å². The van der Waals surface area contributed by atoms with E-state index >= 15 is 0 Å². The highest BCUT2D eigenvalue weighted by Crippen LogP contribution is 2.21. The van der Waals surface area contributed by atoms with Gasteiger partial charge in [-0.15, -0.1) is 0 Å². The van der Waals surface area contributed by atoms with Crippen molar-refractivity contribution in [2.24, 2.45) is 5.41 Å². The minimum absolute atomic E-state index is 0.155. The Labute approximate surface area is 125 Å². The van der Waals surface area contributed by atoms with Crippen LogP contribution < -0.4 is 10.5 Å². The number of nitrogen functional groups attached to an aromatic ring is 1. The van der Waals surface area contributed by atoms with Crippen LogP contribution in [0.1, 0.15) is 33.1 Å².